The van der Waals surface area contributed by atoms with Gasteiger partial charge in [0.1, 0.15) is 0 Å². The maximum Gasteiger partial charge on any atom is 0.0738 e. The standard InChI is InChI=1S/C11H11N3S3/c1-2-6-12-10(4-1)8-15-17-16-9-11-5-3-7-13-14-11/h1-7H,8-9H2. The molecule has 0 spiro atoms. The van der Waals surface area contributed by atoms with Gasteiger partial charge in [0.15, 0.2) is 0 Å². The molecule has 0 aliphatic rings. The number of nitrogens with zero attached hydrogens (tertiary/aromatic N) is 3. The van der Waals surface area contributed by atoms with Crippen molar-refractivity contribution in [1.29, 1.82) is 0 Å². The van der Waals surface area contributed by atoms with Crippen LogP contribution in [-0.4, -0.2) is 15.2 Å². The molecule has 2 rings (SSSR count). The quantitative estimate of drug-likeness (QED) is 0.595. The number of pyridine rings is 1. The SMILES string of the molecule is c1ccc(CSSSCc2cccnn2)nc1. The van der Waals surface area contributed by atoms with E-state index in [-0.39, 0.29) is 0 Å². The number of hydrogen-bond donors (Lipinski definition) is 0. The van der Waals surface area contributed by atoms with E-state index in [9.17, 15) is 0 Å². The van der Waals surface area contributed by atoms with Gasteiger partial charge in [0, 0.05) is 23.9 Å². The summed E-state index contributed by atoms with van der Waals surface area (Å²) < 4.78 is 0. The predicted octanol–water partition coefficient (Wildman–Crippen LogP) is 3.60. The molecule has 0 unspecified atom stereocenters. The molecule has 0 fully saturated rings. The Kier molecular flexibility index (Phi) is 5.67. The van der Waals surface area contributed by atoms with Crippen LogP contribution in [0.4, 0.5) is 0 Å². The summed E-state index contributed by atoms with van der Waals surface area (Å²) in [6.45, 7) is 0. The lowest BCUT2D eigenvalue weighted by atomic mass is 10.4. The zero-order valence-electron chi connectivity index (χ0n) is 9.02. The van der Waals surface area contributed by atoms with E-state index in [1.807, 2.05) is 36.5 Å². The van der Waals surface area contributed by atoms with E-state index in [2.05, 4.69) is 15.2 Å². The topological polar surface area (TPSA) is 38.7 Å². The van der Waals surface area contributed by atoms with Crippen molar-refractivity contribution >= 4 is 31.4 Å². The highest BCUT2D eigenvalue weighted by molar-refractivity contribution is 9.09. The van der Waals surface area contributed by atoms with Crippen molar-refractivity contribution in [2.75, 3.05) is 0 Å². The monoisotopic (exact) mass is 281 g/mol. The first-order chi connectivity index (χ1) is 8.45. The highest BCUT2D eigenvalue weighted by atomic mass is 33.5. The summed E-state index contributed by atoms with van der Waals surface area (Å²) in [7, 11) is 5.34. The fourth-order valence-electron chi connectivity index (χ4n) is 1.10. The van der Waals surface area contributed by atoms with Gasteiger partial charge >= 0.3 is 0 Å². The summed E-state index contributed by atoms with van der Waals surface area (Å²) in [6, 6.07) is 9.89. The zero-order valence-corrected chi connectivity index (χ0v) is 11.5. The van der Waals surface area contributed by atoms with E-state index in [4.69, 9.17) is 0 Å². The highest BCUT2D eigenvalue weighted by Gasteiger charge is 1.97. The molecule has 0 aliphatic heterocycles. The Morgan fingerprint density at radius 1 is 0.882 bits per heavy atom. The van der Waals surface area contributed by atoms with Crippen LogP contribution in [0.25, 0.3) is 0 Å². The molecule has 17 heavy (non-hydrogen) atoms. The molecule has 2 aromatic rings. The molecule has 0 bridgehead atoms. The second-order valence-electron chi connectivity index (χ2n) is 3.13. The molecule has 0 atom stereocenters. The molecule has 0 amide bonds. The van der Waals surface area contributed by atoms with Crippen LogP contribution in [0.5, 0.6) is 0 Å². The van der Waals surface area contributed by atoms with E-state index >= 15 is 0 Å². The van der Waals surface area contributed by atoms with Crippen molar-refractivity contribution in [3.8, 4) is 0 Å². The van der Waals surface area contributed by atoms with Gasteiger partial charge in [-0.25, -0.2) is 0 Å². The lowest BCUT2D eigenvalue weighted by Gasteiger charge is -1.99. The fourth-order valence-corrected chi connectivity index (χ4v) is 4.52. The Bertz CT molecular complexity index is 383. The minimum Gasteiger partial charge on any atom is -0.260 e. The van der Waals surface area contributed by atoms with Gasteiger partial charge in [-0.2, -0.15) is 10.2 Å². The third-order valence-electron chi connectivity index (χ3n) is 1.86. The van der Waals surface area contributed by atoms with E-state index in [0.29, 0.717) is 0 Å². The molecule has 6 heteroatoms. The van der Waals surface area contributed by atoms with Gasteiger partial charge in [0.05, 0.1) is 11.4 Å². The van der Waals surface area contributed by atoms with Crippen molar-refractivity contribution in [2.24, 2.45) is 0 Å². The average Bonchev–Trinajstić information content (AvgIpc) is 2.41. The molecule has 0 aromatic carbocycles. The Balaban J connectivity index is 1.61. The summed E-state index contributed by atoms with van der Waals surface area (Å²) in [5, 5.41) is 7.87. The molecular weight excluding hydrogens is 270 g/mol. The average molecular weight is 281 g/mol. The van der Waals surface area contributed by atoms with Crippen molar-refractivity contribution in [3.05, 3.63) is 54.1 Å². The molecule has 0 saturated heterocycles. The molecular formula is C11H11N3S3. The van der Waals surface area contributed by atoms with Crippen molar-refractivity contribution in [1.82, 2.24) is 15.2 Å². The van der Waals surface area contributed by atoms with E-state index in [1.165, 1.54) is 0 Å². The van der Waals surface area contributed by atoms with E-state index in [0.717, 1.165) is 22.9 Å². The van der Waals surface area contributed by atoms with Gasteiger partial charge in [0.2, 0.25) is 0 Å². The van der Waals surface area contributed by atoms with Crippen LogP contribution in [0.1, 0.15) is 11.4 Å². The molecule has 88 valence electrons. The fraction of sp³-hybridized carbons (Fsp3) is 0.182. The van der Waals surface area contributed by atoms with Crippen LogP contribution in [-0.2, 0) is 11.5 Å². The molecule has 0 radical (unpaired) electrons. The molecule has 0 aliphatic carbocycles. The maximum atomic E-state index is 4.27. The Hall–Kier alpha value is -0.720. The Labute approximate surface area is 112 Å². The van der Waals surface area contributed by atoms with Gasteiger partial charge in [0.25, 0.3) is 0 Å². The van der Waals surface area contributed by atoms with Crippen LogP contribution in [0.2, 0.25) is 0 Å². The van der Waals surface area contributed by atoms with Crippen molar-refractivity contribution in [2.45, 2.75) is 11.5 Å². The smallest absolute Gasteiger partial charge is 0.0738 e. The van der Waals surface area contributed by atoms with Crippen LogP contribution < -0.4 is 0 Å². The maximum absolute atomic E-state index is 4.27. The van der Waals surface area contributed by atoms with Gasteiger partial charge in [-0.05, 0) is 34.1 Å². The summed E-state index contributed by atoms with van der Waals surface area (Å²) in [4.78, 5) is 4.27. The molecule has 3 nitrogen and oxygen atoms in total. The Morgan fingerprint density at radius 3 is 2.41 bits per heavy atom. The number of hydrogen-bond acceptors (Lipinski definition) is 6. The number of aromatic nitrogens is 3. The normalized spacial score (nSPS) is 10.4. The lowest BCUT2D eigenvalue weighted by molar-refractivity contribution is 0.972. The highest BCUT2D eigenvalue weighted by Crippen LogP contribution is 2.37. The molecule has 2 heterocycles. The van der Waals surface area contributed by atoms with Crippen LogP contribution in [0.15, 0.2) is 42.7 Å². The van der Waals surface area contributed by atoms with Gasteiger partial charge in [-0.1, -0.05) is 27.7 Å². The van der Waals surface area contributed by atoms with Crippen LogP contribution in [0, 0.1) is 0 Å². The first-order valence-corrected chi connectivity index (χ1v) is 8.85. The van der Waals surface area contributed by atoms with Crippen molar-refractivity contribution < 1.29 is 0 Å². The molecule has 0 saturated carbocycles. The van der Waals surface area contributed by atoms with Gasteiger partial charge < -0.3 is 0 Å². The first kappa shape index (κ1) is 12.7. The third-order valence-corrected chi connectivity index (χ3v) is 5.90. The zero-order chi connectivity index (χ0) is 11.8. The van der Waals surface area contributed by atoms with Gasteiger partial charge in [-0.3, -0.25) is 4.98 Å². The lowest BCUT2D eigenvalue weighted by Crippen LogP contribution is -1.86. The second-order valence-corrected chi connectivity index (χ2v) is 7.36. The van der Waals surface area contributed by atoms with Crippen LogP contribution >= 0.6 is 31.4 Å². The largest absolute Gasteiger partial charge is 0.260 e. The third kappa shape index (κ3) is 4.97. The Morgan fingerprint density at radius 2 is 1.71 bits per heavy atom. The van der Waals surface area contributed by atoms with Gasteiger partial charge in [-0.15, -0.1) is 0 Å². The van der Waals surface area contributed by atoms with E-state index in [1.54, 1.807) is 37.6 Å². The first-order valence-electron chi connectivity index (χ1n) is 5.03. The molecule has 2 aromatic heterocycles. The second kappa shape index (κ2) is 7.58. The summed E-state index contributed by atoms with van der Waals surface area (Å²) in [5.41, 5.74) is 2.13. The number of rotatable bonds is 6. The summed E-state index contributed by atoms with van der Waals surface area (Å²) in [5.74, 6) is 1.81. The summed E-state index contributed by atoms with van der Waals surface area (Å²) in [6.07, 6.45) is 3.52. The summed E-state index contributed by atoms with van der Waals surface area (Å²) >= 11 is 0. The molecule has 0 N–H and O–H groups in total. The van der Waals surface area contributed by atoms with E-state index < -0.39 is 0 Å². The minimum atomic E-state index is 0.883. The van der Waals surface area contributed by atoms with Crippen molar-refractivity contribution in [3.63, 3.8) is 0 Å². The predicted molar refractivity (Wildman–Crippen MR) is 76.5 cm³/mol. The van der Waals surface area contributed by atoms with Crippen LogP contribution in [0.3, 0.4) is 0 Å². The minimum absolute atomic E-state index is 0.883.